The quantitative estimate of drug-likeness (QED) is 0.393. The van der Waals surface area contributed by atoms with Crippen molar-refractivity contribution in [3.05, 3.63) is 88.0 Å². The molecule has 2 aromatic carbocycles. The van der Waals surface area contributed by atoms with E-state index < -0.39 is 5.97 Å². The number of carboxylic acids is 1. The van der Waals surface area contributed by atoms with Gasteiger partial charge in [0.25, 0.3) is 5.91 Å². The fourth-order valence-corrected chi connectivity index (χ4v) is 4.56. The Morgan fingerprint density at radius 3 is 2.50 bits per heavy atom. The van der Waals surface area contributed by atoms with Crippen molar-refractivity contribution < 1.29 is 19.5 Å². The number of thioether (sulfide) groups is 1. The van der Waals surface area contributed by atoms with Gasteiger partial charge < -0.3 is 10.4 Å². The van der Waals surface area contributed by atoms with Crippen LogP contribution in [0, 0.1) is 0 Å². The predicted octanol–water partition coefficient (Wildman–Crippen LogP) is 4.29. The summed E-state index contributed by atoms with van der Waals surface area (Å²) in [6.07, 6.45) is 3.77. The minimum atomic E-state index is -1.13. The highest BCUT2D eigenvalue weighted by molar-refractivity contribution is 8.14. The van der Waals surface area contributed by atoms with Gasteiger partial charge in [-0.1, -0.05) is 30.3 Å². The molecule has 2 aromatic heterocycles. The van der Waals surface area contributed by atoms with E-state index in [0.717, 1.165) is 16.8 Å². The molecule has 9 heteroatoms. The maximum Gasteiger partial charge on any atom is 0.335 e. The third-order valence-electron chi connectivity index (χ3n) is 4.58. The Bertz CT molecular complexity index is 1290. The molecular formula is C23H17N3O4S2. The lowest BCUT2D eigenvalue weighted by Gasteiger charge is -2.09. The Morgan fingerprint density at radius 2 is 1.78 bits per heavy atom. The molecule has 0 aliphatic rings. The van der Waals surface area contributed by atoms with E-state index in [9.17, 15) is 19.5 Å². The van der Waals surface area contributed by atoms with Crippen LogP contribution in [0.1, 0.15) is 36.1 Å². The van der Waals surface area contributed by atoms with Crippen molar-refractivity contribution in [3.8, 4) is 0 Å². The van der Waals surface area contributed by atoms with Gasteiger partial charge in [0, 0.05) is 46.6 Å². The minimum absolute atomic E-state index is 0.0176. The number of benzene rings is 2. The van der Waals surface area contributed by atoms with Gasteiger partial charge in [0.2, 0.25) is 5.12 Å². The van der Waals surface area contributed by atoms with Crippen LogP contribution in [0.3, 0.4) is 0 Å². The molecular weight excluding hydrogens is 446 g/mol. The highest BCUT2D eigenvalue weighted by atomic mass is 32.2. The summed E-state index contributed by atoms with van der Waals surface area (Å²) >= 11 is 2.43. The van der Waals surface area contributed by atoms with Crippen molar-refractivity contribution in [1.82, 2.24) is 15.3 Å². The van der Waals surface area contributed by atoms with Gasteiger partial charge in [-0.3, -0.25) is 14.6 Å². The Labute approximate surface area is 191 Å². The number of aromatic nitrogens is 2. The first kappa shape index (κ1) is 21.7. The highest BCUT2D eigenvalue weighted by Crippen LogP contribution is 2.31. The predicted molar refractivity (Wildman–Crippen MR) is 123 cm³/mol. The van der Waals surface area contributed by atoms with Crippen LogP contribution in [0.15, 0.2) is 71.2 Å². The maximum absolute atomic E-state index is 12.6. The first-order chi connectivity index (χ1) is 15.5. The van der Waals surface area contributed by atoms with E-state index in [1.165, 1.54) is 29.7 Å². The standard InChI is InChI=1S/C23H17N3O4S2/c27-21(25-7-6-19-24-8-9-31-19)17-11-15-10-16(22(28)29)12-18(20(15)26-13-17)32-23(30)14-4-2-1-3-5-14/h1-5,8-13H,6-7H2,(H,25,27)(H,28,29). The van der Waals surface area contributed by atoms with Crippen LogP contribution >= 0.6 is 23.1 Å². The van der Waals surface area contributed by atoms with Gasteiger partial charge >= 0.3 is 5.97 Å². The van der Waals surface area contributed by atoms with Crippen molar-refractivity contribution in [2.24, 2.45) is 0 Å². The molecule has 0 radical (unpaired) electrons. The van der Waals surface area contributed by atoms with Crippen LogP contribution in [0.25, 0.3) is 10.9 Å². The second-order valence-electron chi connectivity index (χ2n) is 6.76. The van der Waals surface area contributed by atoms with Crippen LogP contribution in [-0.4, -0.2) is 38.6 Å². The van der Waals surface area contributed by atoms with Crippen LogP contribution in [0.4, 0.5) is 0 Å². The Morgan fingerprint density at radius 1 is 1.00 bits per heavy atom. The van der Waals surface area contributed by atoms with Gasteiger partial charge in [-0.2, -0.15) is 0 Å². The van der Waals surface area contributed by atoms with Gasteiger partial charge in [0.15, 0.2) is 0 Å². The first-order valence-electron chi connectivity index (χ1n) is 9.62. The number of pyridine rings is 1. The highest BCUT2D eigenvalue weighted by Gasteiger charge is 2.17. The molecule has 7 nitrogen and oxygen atoms in total. The Hall–Kier alpha value is -3.56. The molecule has 0 unspecified atom stereocenters. The fraction of sp³-hybridized carbons (Fsp3) is 0.0870. The molecule has 4 rings (SSSR count). The van der Waals surface area contributed by atoms with Gasteiger partial charge in [-0.05, 0) is 30.0 Å². The third-order valence-corrected chi connectivity index (χ3v) is 6.37. The van der Waals surface area contributed by atoms with E-state index in [4.69, 9.17) is 0 Å². The number of carbonyl (C=O) groups is 3. The fourth-order valence-electron chi connectivity index (χ4n) is 3.04. The van der Waals surface area contributed by atoms with Crippen molar-refractivity contribution in [3.63, 3.8) is 0 Å². The molecule has 0 saturated heterocycles. The van der Waals surface area contributed by atoms with E-state index >= 15 is 0 Å². The van der Waals surface area contributed by atoms with E-state index in [1.807, 2.05) is 11.4 Å². The summed E-state index contributed by atoms with van der Waals surface area (Å²) in [6, 6.07) is 13.2. The third kappa shape index (κ3) is 5.01. The van der Waals surface area contributed by atoms with Crippen LogP contribution < -0.4 is 5.32 Å². The number of thiazole rings is 1. The lowest BCUT2D eigenvalue weighted by molar-refractivity contribution is 0.0696. The maximum atomic E-state index is 12.6. The van der Waals surface area contributed by atoms with E-state index in [1.54, 1.807) is 36.5 Å². The summed E-state index contributed by atoms with van der Waals surface area (Å²) in [5.41, 5.74) is 1.29. The average molecular weight is 464 g/mol. The number of aromatic carboxylic acids is 1. The van der Waals surface area contributed by atoms with Crippen molar-refractivity contribution in [1.29, 1.82) is 0 Å². The number of hydrogen-bond donors (Lipinski definition) is 2. The molecule has 160 valence electrons. The Balaban J connectivity index is 1.59. The molecule has 0 fully saturated rings. The summed E-state index contributed by atoms with van der Waals surface area (Å²) in [7, 11) is 0. The molecule has 0 bridgehead atoms. The molecule has 0 aliphatic heterocycles. The number of nitrogens with zero attached hydrogens (tertiary/aromatic N) is 2. The molecule has 1 amide bonds. The Kier molecular flexibility index (Phi) is 6.58. The SMILES string of the molecule is O=C(O)c1cc(SC(=O)c2ccccc2)c2ncc(C(=O)NCCc3nccs3)cc2c1. The lowest BCUT2D eigenvalue weighted by Crippen LogP contribution is -2.25. The number of carbonyl (C=O) groups excluding carboxylic acids is 2. The zero-order valence-corrected chi connectivity index (χ0v) is 18.3. The van der Waals surface area contributed by atoms with E-state index in [2.05, 4.69) is 15.3 Å². The monoisotopic (exact) mass is 463 g/mol. The molecule has 2 N–H and O–H groups in total. The molecule has 0 spiro atoms. The summed E-state index contributed by atoms with van der Waals surface area (Å²) in [6.45, 7) is 0.423. The van der Waals surface area contributed by atoms with Crippen molar-refractivity contribution >= 4 is 51.0 Å². The lowest BCUT2D eigenvalue weighted by atomic mass is 10.1. The summed E-state index contributed by atoms with van der Waals surface area (Å²) < 4.78 is 0. The first-order valence-corrected chi connectivity index (χ1v) is 11.3. The number of rotatable bonds is 7. The second kappa shape index (κ2) is 9.71. The smallest absolute Gasteiger partial charge is 0.335 e. The molecule has 32 heavy (non-hydrogen) atoms. The molecule has 0 aliphatic carbocycles. The van der Waals surface area contributed by atoms with Crippen LogP contribution in [0.2, 0.25) is 0 Å². The summed E-state index contributed by atoms with van der Waals surface area (Å²) in [5, 5.41) is 15.4. The van der Waals surface area contributed by atoms with Crippen molar-refractivity contribution in [2.45, 2.75) is 11.3 Å². The zero-order valence-electron chi connectivity index (χ0n) is 16.6. The number of amides is 1. The molecule has 2 heterocycles. The second-order valence-corrected chi connectivity index (χ2v) is 8.76. The molecule has 0 atom stereocenters. The largest absolute Gasteiger partial charge is 0.478 e. The zero-order chi connectivity index (χ0) is 22.5. The molecule has 4 aromatic rings. The normalized spacial score (nSPS) is 10.8. The van der Waals surface area contributed by atoms with Gasteiger partial charge in [-0.15, -0.1) is 11.3 Å². The van der Waals surface area contributed by atoms with Crippen LogP contribution in [-0.2, 0) is 6.42 Å². The minimum Gasteiger partial charge on any atom is -0.478 e. The number of nitrogens with one attached hydrogen (secondary N) is 1. The van der Waals surface area contributed by atoms with Gasteiger partial charge in [0.05, 0.1) is 21.7 Å². The van der Waals surface area contributed by atoms with Gasteiger partial charge in [0.1, 0.15) is 0 Å². The van der Waals surface area contributed by atoms with Crippen LogP contribution in [0.5, 0.6) is 0 Å². The summed E-state index contributed by atoms with van der Waals surface area (Å²) in [5.74, 6) is -1.44. The number of fused-ring (bicyclic) bond motifs is 1. The number of carboxylic acid groups (broad SMARTS) is 1. The average Bonchev–Trinajstić information content (AvgIpc) is 3.32. The van der Waals surface area contributed by atoms with Crippen molar-refractivity contribution in [2.75, 3.05) is 6.54 Å². The summed E-state index contributed by atoms with van der Waals surface area (Å²) in [4.78, 5) is 45.8. The van der Waals surface area contributed by atoms with E-state index in [0.29, 0.717) is 39.9 Å². The molecule has 0 saturated carbocycles. The topological polar surface area (TPSA) is 109 Å². The number of hydrogen-bond acceptors (Lipinski definition) is 7. The van der Waals surface area contributed by atoms with E-state index in [-0.39, 0.29) is 16.6 Å². The van der Waals surface area contributed by atoms with Gasteiger partial charge in [-0.25, -0.2) is 9.78 Å².